The molecule has 1 aliphatic heterocycles. The summed E-state index contributed by atoms with van der Waals surface area (Å²) in [7, 11) is 5.51. The third-order valence-corrected chi connectivity index (χ3v) is 12.6. The van der Waals surface area contributed by atoms with Crippen molar-refractivity contribution in [3.05, 3.63) is 142 Å². The van der Waals surface area contributed by atoms with E-state index in [4.69, 9.17) is 29.2 Å². The molecule has 1 aliphatic rings. The molecule has 1 fully saturated rings. The molecule has 1 heterocycles. The van der Waals surface area contributed by atoms with E-state index in [1.807, 2.05) is 0 Å². The molecule has 0 aromatic heterocycles. The summed E-state index contributed by atoms with van der Waals surface area (Å²) in [6.07, 6.45) is 0.438. The number of nitrogens with zero attached hydrogens (tertiary/aromatic N) is 2. The van der Waals surface area contributed by atoms with Gasteiger partial charge < -0.3 is 64.9 Å². The molecule has 7 N–H and O–H groups in total. The molecule has 0 radical (unpaired) electrons. The zero-order valence-corrected chi connectivity index (χ0v) is 43.7. The molecule has 76 heavy (non-hydrogen) atoms. The van der Waals surface area contributed by atoms with Crippen LogP contribution < -0.4 is 10.6 Å². The van der Waals surface area contributed by atoms with Crippen molar-refractivity contribution in [2.45, 2.75) is 62.7 Å². The summed E-state index contributed by atoms with van der Waals surface area (Å²) in [4.78, 5) is 79.0. The zero-order valence-electron chi connectivity index (χ0n) is 43.7. The average molecular weight is 1050 g/mol. The number of hydrogen-bond acceptors (Lipinski definition) is 15. The molecule has 4 aromatic carbocycles. The Labute approximate surface area is 443 Å². The summed E-state index contributed by atoms with van der Waals surface area (Å²) >= 11 is 0. The summed E-state index contributed by atoms with van der Waals surface area (Å²) in [5.74, 6) is 8.33. The van der Waals surface area contributed by atoms with Crippen LogP contribution in [0, 0.1) is 23.7 Å². The number of hydrogen-bond donors (Lipinski definition) is 7. The number of nitrogens with one attached hydrogen (secondary N) is 2. The zero-order chi connectivity index (χ0) is 55.8. The summed E-state index contributed by atoms with van der Waals surface area (Å²) in [5, 5.41) is 51.8. The average Bonchev–Trinajstić information content (AvgIpc) is 3.46. The second-order valence-electron chi connectivity index (χ2n) is 17.7. The molecule has 19 nitrogen and oxygen atoms in total. The fourth-order valence-electron chi connectivity index (χ4n) is 7.49. The van der Waals surface area contributed by atoms with E-state index in [1.165, 1.54) is 42.0 Å². The standard InChI is InChI=1S/C31H38N2O8.C26H30N2O7/c1-31(30(38)32-2,27(36)21-41-28-6-4-5-18-40-28)33(3)29(37)25-15-11-23(12-16-25)8-7-22-9-13-24(14-10-22)26(35)20-39-19-17-34;1-26(23(32)16-30,25(34)27-2)28(3)24(33)21-12-8-19(9-13-21)5-4-18-6-10-20(11-7-18)22(31)17-35-15-14-29/h9-16,26,28,34-35H,4-6,17-21H2,1-3H3,(H,32,38);6-13,22,29-31H,14-17H2,1-3H3,(H,27,34)/t26?,28?,31-;22?,26-/m11/s1. The largest absolute Gasteiger partial charge is 0.394 e. The molecule has 0 spiro atoms. The van der Waals surface area contributed by atoms with Gasteiger partial charge in [-0.1, -0.05) is 47.9 Å². The second kappa shape index (κ2) is 30.4. The van der Waals surface area contributed by atoms with Gasteiger partial charge in [-0.15, -0.1) is 0 Å². The molecule has 5 atom stereocenters. The van der Waals surface area contributed by atoms with Crippen LogP contribution in [-0.4, -0.2) is 176 Å². The van der Waals surface area contributed by atoms with Crippen LogP contribution in [-0.2, 0) is 38.1 Å². The van der Waals surface area contributed by atoms with E-state index in [-0.39, 0.29) is 51.8 Å². The fraction of sp³-hybridized carbons (Fsp3) is 0.404. The van der Waals surface area contributed by atoms with Gasteiger partial charge in [0.2, 0.25) is 0 Å². The van der Waals surface area contributed by atoms with Gasteiger partial charge in [0.15, 0.2) is 28.9 Å². The minimum atomic E-state index is -1.86. The van der Waals surface area contributed by atoms with Crippen molar-refractivity contribution >= 4 is 35.2 Å². The van der Waals surface area contributed by atoms with Gasteiger partial charge >= 0.3 is 0 Å². The summed E-state index contributed by atoms with van der Waals surface area (Å²) in [5.41, 5.74) is 1.01. The van der Waals surface area contributed by atoms with E-state index >= 15 is 0 Å². The minimum Gasteiger partial charge on any atom is -0.394 e. The highest BCUT2D eigenvalue weighted by atomic mass is 16.7. The van der Waals surface area contributed by atoms with Crippen LogP contribution in [0.25, 0.3) is 0 Å². The molecule has 0 aliphatic carbocycles. The van der Waals surface area contributed by atoms with Crippen molar-refractivity contribution < 1.29 is 73.2 Å². The Morgan fingerprint density at radius 1 is 0.605 bits per heavy atom. The number of ketones is 2. The van der Waals surface area contributed by atoms with E-state index in [0.29, 0.717) is 40.8 Å². The van der Waals surface area contributed by atoms with E-state index in [9.17, 15) is 44.1 Å². The Bertz CT molecular complexity index is 2670. The quantitative estimate of drug-likeness (QED) is 0.0338. The Morgan fingerprint density at radius 2 is 0.974 bits per heavy atom. The summed E-state index contributed by atoms with van der Waals surface area (Å²) < 4.78 is 21.4. The molecule has 0 bridgehead atoms. The van der Waals surface area contributed by atoms with Crippen molar-refractivity contribution in [2.24, 2.45) is 0 Å². The molecule has 406 valence electrons. The number of aliphatic hydroxyl groups is 5. The van der Waals surface area contributed by atoms with Crippen LogP contribution in [0.4, 0.5) is 0 Å². The van der Waals surface area contributed by atoms with E-state index in [0.717, 1.165) is 33.8 Å². The highest BCUT2D eigenvalue weighted by Gasteiger charge is 2.47. The lowest BCUT2D eigenvalue weighted by Crippen LogP contribution is -2.62. The first-order chi connectivity index (χ1) is 36.4. The Morgan fingerprint density at radius 3 is 1.30 bits per heavy atom. The monoisotopic (exact) mass is 1050 g/mol. The topological polar surface area (TPSA) is 271 Å². The maximum absolute atomic E-state index is 13.3. The first-order valence-electron chi connectivity index (χ1n) is 24.5. The number of likely N-dealkylation sites (N-methyl/N-ethyl adjacent to an activating group) is 4. The Balaban J connectivity index is 0.000000333. The molecule has 3 unspecified atom stereocenters. The van der Waals surface area contributed by atoms with Crippen LogP contribution in [0.3, 0.4) is 0 Å². The maximum Gasteiger partial charge on any atom is 0.254 e. The first-order valence-corrected chi connectivity index (χ1v) is 24.5. The predicted octanol–water partition coefficient (Wildman–Crippen LogP) is 2.08. The molecular weight excluding hydrogens is 981 g/mol. The second-order valence-corrected chi connectivity index (χ2v) is 17.7. The number of Topliss-reactive ketones (excluding diaryl/α,β-unsaturated/α-hetero) is 2. The lowest BCUT2D eigenvalue weighted by molar-refractivity contribution is -0.174. The van der Waals surface area contributed by atoms with Gasteiger partial charge in [-0.2, -0.15) is 0 Å². The smallest absolute Gasteiger partial charge is 0.254 e. The fourth-order valence-corrected chi connectivity index (χ4v) is 7.49. The normalized spacial score (nSPS) is 15.2. The van der Waals surface area contributed by atoms with Crippen molar-refractivity contribution in [3.63, 3.8) is 0 Å². The van der Waals surface area contributed by atoms with Gasteiger partial charge in [0.25, 0.3) is 23.6 Å². The Kier molecular flexibility index (Phi) is 24.6. The van der Waals surface area contributed by atoms with Crippen molar-refractivity contribution in [1.82, 2.24) is 20.4 Å². The number of amides is 4. The van der Waals surface area contributed by atoms with Crippen LogP contribution >= 0.6 is 0 Å². The SMILES string of the molecule is CNC(=O)[C@@](C)(C(=O)CO)N(C)C(=O)c1ccc(C#Cc2ccc(C(O)COCCO)cc2)cc1.CNC(=O)[C@@](C)(C(=O)COC1CCCCO1)N(C)C(=O)c1ccc(C#Cc2ccc(C(O)COCCO)cc2)cc1. The highest BCUT2D eigenvalue weighted by Crippen LogP contribution is 2.23. The van der Waals surface area contributed by atoms with Gasteiger partial charge in [0.05, 0.1) is 39.6 Å². The lowest BCUT2D eigenvalue weighted by atomic mass is 9.92. The molecular formula is C57H68N4O15. The van der Waals surface area contributed by atoms with Crippen LogP contribution in [0.1, 0.15) is 99.4 Å². The van der Waals surface area contributed by atoms with Crippen molar-refractivity contribution in [1.29, 1.82) is 0 Å². The van der Waals surface area contributed by atoms with E-state index in [2.05, 4.69) is 34.3 Å². The van der Waals surface area contributed by atoms with Gasteiger partial charge in [0, 0.05) is 68.2 Å². The van der Waals surface area contributed by atoms with Gasteiger partial charge in [-0.3, -0.25) is 28.8 Å². The molecule has 4 amide bonds. The maximum atomic E-state index is 13.3. The number of carbonyl (C=O) groups is 6. The van der Waals surface area contributed by atoms with Gasteiger partial charge in [-0.25, -0.2) is 0 Å². The molecule has 0 saturated carbocycles. The number of rotatable bonds is 22. The van der Waals surface area contributed by atoms with Crippen molar-refractivity contribution in [3.8, 4) is 23.7 Å². The molecule has 19 heteroatoms. The molecule has 5 rings (SSSR count). The number of benzene rings is 4. The van der Waals surface area contributed by atoms with Crippen molar-refractivity contribution in [2.75, 3.05) is 87.7 Å². The van der Waals surface area contributed by atoms with Gasteiger partial charge in [0.1, 0.15) is 25.4 Å². The first kappa shape index (κ1) is 61.4. The van der Waals surface area contributed by atoms with Crippen LogP contribution in [0.15, 0.2) is 97.1 Å². The lowest BCUT2D eigenvalue weighted by Gasteiger charge is -2.36. The van der Waals surface area contributed by atoms with Crippen LogP contribution in [0.5, 0.6) is 0 Å². The third-order valence-electron chi connectivity index (χ3n) is 12.6. The van der Waals surface area contributed by atoms with Gasteiger partial charge in [-0.05, 0) is 117 Å². The number of ether oxygens (including phenoxy) is 4. The van der Waals surface area contributed by atoms with E-state index < -0.39 is 71.4 Å². The summed E-state index contributed by atoms with van der Waals surface area (Å²) in [6, 6.07) is 27.0. The highest BCUT2D eigenvalue weighted by molar-refractivity contribution is 6.15. The van der Waals surface area contributed by atoms with Crippen LogP contribution in [0.2, 0.25) is 0 Å². The predicted molar refractivity (Wildman–Crippen MR) is 279 cm³/mol. The molecule has 4 aromatic rings. The summed E-state index contributed by atoms with van der Waals surface area (Å²) in [6.45, 7) is 2.30. The number of carbonyl (C=O) groups excluding carboxylic acids is 6. The Hall–Kier alpha value is -7.14. The van der Waals surface area contributed by atoms with E-state index in [1.54, 1.807) is 97.1 Å². The minimum absolute atomic E-state index is 0.0856. The molecule has 1 saturated heterocycles. The number of aliphatic hydroxyl groups excluding tert-OH is 5. The third kappa shape index (κ3) is 16.7.